The number of ether oxygens (including phenoxy) is 2. The number of likely N-dealkylation sites (N-methyl/N-ethyl adjacent to an activating group) is 1. The molecule has 17 heavy (non-hydrogen) atoms. The first-order valence-corrected chi connectivity index (χ1v) is 6.28. The first-order chi connectivity index (χ1) is 8.13. The van der Waals surface area contributed by atoms with Crippen LogP contribution in [0.3, 0.4) is 0 Å². The standard InChI is InChI=1S/C13H23NO3/c1-4-16-13(15)11(2)9-14(3)10-12-7-5-6-8-17-12/h12H,2,4-10H2,1,3H3. The van der Waals surface area contributed by atoms with Crippen LogP contribution in [-0.2, 0) is 14.3 Å². The van der Waals surface area contributed by atoms with Gasteiger partial charge in [-0.25, -0.2) is 4.79 Å². The zero-order valence-corrected chi connectivity index (χ0v) is 10.9. The van der Waals surface area contributed by atoms with Crippen molar-refractivity contribution in [3.05, 3.63) is 12.2 Å². The Hall–Kier alpha value is -0.870. The molecule has 1 atom stereocenters. The molecule has 0 aromatic rings. The molecule has 1 unspecified atom stereocenters. The molecule has 1 aliphatic heterocycles. The average Bonchev–Trinajstić information content (AvgIpc) is 2.30. The molecule has 0 radical (unpaired) electrons. The maximum atomic E-state index is 11.4. The van der Waals surface area contributed by atoms with E-state index in [0.29, 0.717) is 24.8 Å². The van der Waals surface area contributed by atoms with Gasteiger partial charge in [0.1, 0.15) is 0 Å². The van der Waals surface area contributed by atoms with Crippen molar-refractivity contribution in [3.63, 3.8) is 0 Å². The van der Waals surface area contributed by atoms with E-state index in [4.69, 9.17) is 9.47 Å². The minimum Gasteiger partial charge on any atom is -0.463 e. The highest BCUT2D eigenvalue weighted by Gasteiger charge is 2.17. The van der Waals surface area contributed by atoms with Gasteiger partial charge in [-0.05, 0) is 33.2 Å². The molecule has 0 N–H and O–H groups in total. The van der Waals surface area contributed by atoms with Gasteiger partial charge in [-0.2, -0.15) is 0 Å². The average molecular weight is 241 g/mol. The van der Waals surface area contributed by atoms with Gasteiger partial charge in [0.25, 0.3) is 0 Å². The lowest BCUT2D eigenvalue weighted by molar-refractivity contribution is -0.138. The monoisotopic (exact) mass is 241 g/mol. The van der Waals surface area contributed by atoms with E-state index in [2.05, 4.69) is 11.5 Å². The molecule has 0 bridgehead atoms. The van der Waals surface area contributed by atoms with Gasteiger partial charge in [0, 0.05) is 25.3 Å². The van der Waals surface area contributed by atoms with E-state index in [1.54, 1.807) is 6.92 Å². The third-order valence-electron chi connectivity index (χ3n) is 2.81. The molecule has 4 heteroatoms. The van der Waals surface area contributed by atoms with E-state index in [1.807, 2.05) is 7.05 Å². The second-order valence-electron chi connectivity index (χ2n) is 4.51. The van der Waals surface area contributed by atoms with Crippen LogP contribution in [0.1, 0.15) is 26.2 Å². The van der Waals surface area contributed by atoms with Crippen molar-refractivity contribution in [3.8, 4) is 0 Å². The fraction of sp³-hybridized carbons (Fsp3) is 0.769. The van der Waals surface area contributed by atoms with E-state index >= 15 is 0 Å². The molecular weight excluding hydrogens is 218 g/mol. The van der Waals surface area contributed by atoms with Crippen molar-refractivity contribution in [1.29, 1.82) is 0 Å². The third-order valence-corrected chi connectivity index (χ3v) is 2.81. The molecule has 1 saturated heterocycles. The van der Waals surface area contributed by atoms with E-state index in [0.717, 1.165) is 26.0 Å². The molecule has 1 aliphatic rings. The molecule has 0 aromatic heterocycles. The van der Waals surface area contributed by atoms with Gasteiger partial charge >= 0.3 is 5.97 Å². The summed E-state index contributed by atoms with van der Waals surface area (Å²) in [5.74, 6) is -0.302. The van der Waals surface area contributed by atoms with Gasteiger partial charge in [0.05, 0.1) is 12.7 Å². The molecule has 0 saturated carbocycles. The van der Waals surface area contributed by atoms with Crippen LogP contribution in [0.25, 0.3) is 0 Å². The number of carbonyl (C=O) groups excluding carboxylic acids is 1. The van der Waals surface area contributed by atoms with E-state index in [1.165, 1.54) is 6.42 Å². The number of esters is 1. The van der Waals surface area contributed by atoms with Crippen molar-refractivity contribution < 1.29 is 14.3 Å². The molecule has 0 amide bonds. The quantitative estimate of drug-likeness (QED) is 0.523. The molecule has 0 spiro atoms. The molecule has 1 fully saturated rings. The van der Waals surface area contributed by atoms with E-state index < -0.39 is 0 Å². The maximum absolute atomic E-state index is 11.4. The molecule has 1 rings (SSSR count). The SMILES string of the molecule is C=C(CN(C)CC1CCCCO1)C(=O)OCC. The minimum atomic E-state index is -0.302. The maximum Gasteiger partial charge on any atom is 0.334 e. The molecule has 4 nitrogen and oxygen atoms in total. The molecule has 0 aromatic carbocycles. The second kappa shape index (κ2) is 7.45. The van der Waals surface area contributed by atoms with Crippen molar-refractivity contribution in [2.75, 3.05) is 33.4 Å². The summed E-state index contributed by atoms with van der Waals surface area (Å²) in [6.45, 7) is 8.19. The fourth-order valence-electron chi connectivity index (χ4n) is 1.99. The summed E-state index contributed by atoms with van der Waals surface area (Å²) in [5, 5.41) is 0. The summed E-state index contributed by atoms with van der Waals surface area (Å²) in [4.78, 5) is 13.5. The van der Waals surface area contributed by atoms with Gasteiger partial charge in [-0.1, -0.05) is 6.58 Å². The number of hydrogen-bond donors (Lipinski definition) is 0. The van der Waals surface area contributed by atoms with Crippen LogP contribution in [0.15, 0.2) is 12.2 Å². The first-order valence-electron chi connectivity index (χ1n) is 6.28. The molecule has 1 heterocycles. The van der Waals surface area contributed by atoms with Gasteiger partial charge in [0.2, 0.25) is 0 Å². The first kappa shape index (κ1) is 14.2. The zero-order valence-electron chi connectivity index (χ0n) is 10.9. The Balaban J connectivity index is 2.25. The largest absolute Gasteiger partial charge is 0.463 e. The van der Waals surface area contributed by atoms with E-state index in [-0.39, 0.29) is 5.97 Å². The Bertz CT molecular complexity index is 259. The van der Waals surface area contributed by atoms with Gasteiger partial charge < -0.3 is 9.47 Å². The summed E-state index contributed by atoms with van der Waals surface area (Å²) in [6.07, 6.45) is 3.80. The van der Waals surface area contributed by atoms with Crippen LogP contribution in [0.5, 0.6) is 0 Å². The Morgan fingerprint density at radius 2 is 2.29 bits per heavy atom. The van der Waals surface area contributed by atoms with Crippen LogP contribution < -0.4 is 0 Å². The van der Waals surface area contributed by atoms with Crippen LogP contribution in [0, 0.1) is 0 Å². The summed E-state index contributed by atoms with van der Waals surface area (Å²) >= 11 is 0. The van der Waals surface area contributed by atoms with Gasteiger partial charge in [0.15, 0.2) is 0 Å². The topological polar surface area (TPSA) is 38.8 Å². The molecule has 98 valence electrons. The fourth-order valence-corrected chi connectivity index (χ4v) is 1.99. The summed E-state index contributed by atoms with van der Waals surface area (Å²) < 4.78 is 10.5. The molecular formula is C13H23NO3. The van der Waals surface area contributed by atoms with E-state index in [9.17, 15) is 4.79 Å². The lowest BCUT2D eigenvalue weighted by Gasteiger charge is -2.27. The highest BCUT2D eigenvalue weighted by atomic mass is 16.5. The van der Waals surface area contributed by atoms with Crippen LogP contribution >= 0.6 is 0 Å². The number of carbonyl (C=O) groups is 1. The third kappa shape index (κ3) is 5.33. The number of rotatable bonds is 6. The number of hydrogen-bond acceptors (Lipinski definition) is 4. The highest BCUT2D eigenvalue weighted by Crippen LogP contribution is 2.13. The Kier molecular flexibility index (Phi) is 6.22. The van der Waals surface area contributed by atoms with Crippen LogP contribution in [-0.4, -0.2) is 50.3 Å². The van der Waals surface area contributed by atoms with Crippen LogP contribution in [0.2, 0.25) is 0 Å². The zero-order chi connectivity index (χ0) is 12.7. The van der Waals surface area contributed by atoms with Gasteiger partial charge in [-0.3, -0.25) is 4.90 Å². The Morgan fingerprint density at radius 1 is 1.53 bits per heavy atom. The van der Waals surface area contributed by atoms with Crippen molar-refractivity contribution in [2.24, 2.45) is 0 Å². The van der Waals surface area contributed by atoms with Crippen molar-refractivity contribution in [1.82, 2.24) is 4.90 Å². The summed E-state index contributed by atoms with van der Waals surface area (Å²) in [7, 11) is 1.97. The second-order valence-corrected chi connectivity index (χ2v) is 4.51. The normalized spacial score (nSPS) is 20.3. The smallest absolute Gasteiger partial charge is 0.334 e. The van der Waals surface area contributed by atoms with Gasteiger partial charge in [-0.15, -0.1) is 0 Å². The lowest BCUT2D eigenvalue weighted by Crippen LogP contribution is -2.35. The summed E-state index contributed by atoms with van der Waals surface area (Å²) in [6, 6.07) is 0. The Labute approximate surface area is 104 Å². The molecule has 0 aliphatic carbocycles. The highest BCUT2D eigenvalue weighted by molar-refractivity contribution is 5.88. The van der Waals surface area contributed by atoms with Crippen molar-refractivity contribution >= 4 is 5.97 Å². The lowest BCUT2D eigenvalue weighted by atomic mass is 10.1. The van der Waals surface area contributed by atoms with Crippen LogP contribution in [0.4, 0.5) is 0 Å². The predicted molar refractivity (Wildman–Crippen MR) is 66.9 cm³/mol. The number of nitrogens with zero attached hydrogens (tertiary/aromatic N) is 1. The Morgan fingerprint density at radius 3 is 2.88 bits per heavy atom. The minimum absolute atomic E-state index is 0.295. The predicted octanol–water partition coefficient (Wildman–Crippen LogP) is 1.61. The van der Waals surface area contributed by atoms with Crippen molar-refractivity contribution in [2.45, 2.75) is 32.3 Å². The summed E-state index contributed by atoms with van der Waals surface area (Å²) in [5.41, 5.74) is 0.505.